The minimum absolute atomic E-state index is 0.0108. The van der Waals surface area contributed by atoms with E-state index < -0.39 is 92.5 Å². The third kappa shape index (κ3) is 10.8. The minimum Gasteiger partial charge on any atom is -0.508 e. The third-order valence-electron chi connectivity index (χ3n) is 8.60. The van der Waals surface area contributed by atoms with Crippen molar-refractivity contribution in [1.29, 1.82) is 0 Å². The Bertz CT molecular complexity index is 1870. The summed E-state index contributed by atoms with van der Waals surface area (Å²) in [6.07, 6.45) is -7.60. The zero-order valence-corrected chi connectivity index (χ0v) is 29.4. The SMILES string of the molecule is O=C(C=Cc1ccc(O)cc1)OC[C@H]1O[C@@](COC(=O)C=Cc2ccc(O)cc2)(O[C@H]2O[C@H](CO)[C@@H](O)[C@H](O)[C@H]2O)[C@H](OC(=O)C=Cc2ccc(O)cc2)[C@@H]1O. The molecule has 0 unspecified atom stereocenters. The van der Waals surface area contributed by atoms with E-state index >= 15 is 0 Å². The van der Waals surface area contributed by atoms with Crippen LogP contribution in [0, 0.1) is 0 Å². The number of phenolic OH excluding ortho intramolecular Hbond substituents is 3. The highest BCUT2D eigenvalue weighted by atomic mass is 16.8. The van der Waals surface area contributed by atoms with E-state index in [1.807, 2.05) is 0 Å². The molecule has 0 spiro atoms. The molecule has 0 saturated carbocycles. The van der Waals surface area contributed by atoms with E-state index in [0.717, 1.165) is 18.2 Å². The zero-order valence-electron chi connectivity index (χ0n) is 29.4. The number of ether oxygens (including phenoxy) is 6. The Morgan fingerprint density at radius 3 is 1.55 bits per heavy atom. The van der Waals surface area contributed by atoms with Gasteiger partial charge in [-0.25, -0.2) is 14.4 Å². The molecular formula is C39H40O17. The summed E-state index contributed by atoms with van der Waals surface area (Å²) in [4.78, 5) is 38.9. The average Bonchev–Trinajstić information content (AvgIpc) is 3.44. The van der Waals surface area contributed by atoms with Crippen molar-refractivity contribution in [2.45, 2.75) is 54.8 Å². The highest BCUT2D eigenvalue weighted by molar-refractivity contribution is 5.88. The van der Waals surface area contributed by atoms with E-state index in [2.05, 4.69) is 0 Å². The van der Waals surface area contributed by atoms with Crippen molar-refractivity contribution >= 4 is 36.1 Å². The fraction of sp³-hybridized carbons (Fsp3) is 0.308. The number of aliphatic hydroxyl groups excluding tert-OH is 5. The van der Waals surface area contributed by atoms with Crippen LogP contribution in [0.25, 0.3) is 18.2 Å². The van der Waals surface area contributed by atoms with Gasteiger partial charge in [-0.15, -0.1) is 0 Å². The Morgan fingerprint density at radius 1 is 0.607 bits per heavy atom. The van der Waals surface area contributed by atoms with Crippen LogP contribution in [-0.2, 0) is 42.8 Å². The van der Waals surface area contributed by atoms with E-state index in [1.165, 1.54) is 91.0 Å². The molecule has 3 aromatic rings. The molecule has 0 aliphatic carbocycles. The Balaban J connectivity index is 1.44. The van der Waals surface area contributed by atoms with Gasteiger partial charge in [0.25, 0.3) is 0 Å². The quantitative estimate of drug-likeness (QED) is 0.0629. The number of aromatic hydroxyl groups is 3. The van der Waals surface area contributed by atoms with Crippen molar-refractivity contribution in [2.24, 2.45) is 0 Å². The third-order valence-corrected chi connectivity index (χ3v) is 8.60. The monoisotopic (exact) mass is 780 g/mol. The van der Waals surface area contributed by atoms with Crippen LogP contribution in [0.3, 0.4) is 0 Å². The Kier molecular flexibility index (Phi) is 13.9. The van der Waals surface area contributed by atoms with Gasteiger partial charge in [-0.05, 0) is 71.3 Å². The minimum atomic E-state index is -2.59. The molecule has 298 valence electrons. The molecule has 17 heteroatoms. The average molecular weight is 781 g/mol. The molecule has 0 aromatic heterocycles. The second kappa shape index (κ2) is 18.8. The van der Waals surface area contributed by atoms with Gasteiger partial charge in [-0.3, -0.25) is 0 Å². The second-order valence-electron chi connectivity index (χ2n) is 12.6. The van der Waals surface area contributed by atoms with Crippen LogP contribution in [0.2, 0.25) is 0 Å². The Hall–Kier alpha value is -5.63. The van der Waals surface area contributed by atoms with Crippen molar-refractivity contribution in [3.63, 3.8) is 0 Å². The second-order valence-corrected chi connectivity index (χ2v) is 12.6. The maximum atomic E-state index is 13.2. The first-order valence-electron chi connectivity index (χ1n) is 17.1. The number of benzene rings is 3. The molecule has 5 rings (SSSR count). The van der Waals surface area contributed by atoms with Gasteiger partial charge in [0.1, 0.15) is 67.1 Å². The standard InChI is InChI=1S/C39H40O17/c40-19-28-33(47)35(49)36(50)38(53-28)56-39(21-52-31(45)17-8-23-3-12-26(42)13-4-23)37(54-32(46)18-9-24-5-14-27(43)15-6-24)34(48)29(55-39)20-51-30(44)16-7-22-1-10-25(41)11-2-22/h1-18,28-29,33-38,40-43,47-50H,19-21H2/t28-,29-,33-,34-,35+,36-,37-,38-,39+/m1/s1. The molecular weight excluding hydrogens is 740 g/mol. The normalized spacial score (nSPS) is 27.8. The van der Waals surface area contributed by atoms with Crippen LogP contribution >= 0.6 is 0 Å². The number of hydrogen-bond donors (Lipinski definition) is 8. The first kappa shape index (κ1) is 41.5. The molecule has 56 heavy (non-hydrogen) atoms. The molecule has 2 heterocycles. The lowest BCUT2D eigenvalue weighted by Crippen LogP contribution is -2.63. The molecule has 2 aliphatic rings. The predicted molar refractivity (Wildman–Crippen MR) is 192 cm³/mol. The molecule has 2 aliphatic heterocycles. The van der Waals surface area contributed by atoms with E-state index in [9.17, 15) is 55.2 Å². The zero-order chi connectivity index (χ0) is 40.4. The summed E-state index contributed by atoms with van der Waals surface area (Å²) in [6.45, 7) is -2.55. The van der Waals surface area contributed by atoms with Gasteiger partial charge >= 0.3 is 17.9 Å². The summed E-state index contributed by atoms with van der Waals surface area (Å²) in [7, 11) is 0. The maximum Gasteiger partial charge on any atom is 0.331 e. The Morgan fingerprint density at radius 2 is 1.07 bits per heavy atom. The molecule has 3 aromatic carbocycles. The summed E-state index contributed by atoms with van der Waals surface area (Å²) < 4.78 is 33.8. The van der Waals surface area contributed by atoms with Gasteiger partial charge in [0, 0.05) is 18.2 Å². The largest absolute Gasteiger partial charge is 0.508 e. The molecule has 17 nitrogen and oxygen atoms in total. The number of esters is 3. The van der Waals surface area contributed by atoms with Gasteiger partial charge in [-0.2, -0.15) is 0 Å². The molecule has 2 fully saturated rings. The number of phenols is 3. The van der Waals surface area contributed by atoms with Gasteiger partial charge in [-0.1, -0.05) is 36.4 Å². The lowest BCUT2D eigenvalue weighted by molar-refractivity contribution is -0.383. The van der Waals surface area contributed by atoms with Crippen LogP contribution in [0.4, 0.5) is 0 Å². The molecule has 9 atom stereocenters. The predicted octanol–water partition coefficient (Wildman–Crippen LogP) is 0.514. The molecule has 0 radical (unpaired) electrons. The van der Waals surface area contributed by atoms with Crippen LogP contribution in [-0.4, -0.2) is 133 Å². The number of carbonyl (C=O) groups excluding carboxylic acids is 3. The lowest BCUT2D eigenvalue weighted by atomic mass is 9.99. The van der Waals surface area contributed by atoms with E-state index in [4.69, 9.17) is 28.4 Å². The summed E-state index contributed by atoms with van der Waals surface area (Å²) in [5, 5.41) is 81.6. The fourth-order valence-corrected chi connectivity index (χ4v) is 5.59. The summed E-state index contributed by atoms with van der Waals surface area (Å²) in [5.74, 6) is -5.63. The lowest BCUT2D eigenvalue weighted by Gasteiger charge is -2.43. The van der Waals surface area contributed by atoms with Crippen molar-refractivity contribution in [3.05, 3.63) is 108 Å². The summed E-state index contributed by atoms with van der Waals surface area (Å²) in [6, 6.07) is 17.4. The van der Waals surface area contributed by atoms with Crippen molar-refractivity contribution < 1.29 is 83.7 Å². The molecule has 0 amide bonds. The smallest absolute Gasteiger partial charge is 0.331 e. The topological polar surface area (TPSA) is 268 Å². The van der Waals surface area contributed by atoms with Gasteiger partial charge in [0.2, 0.25) is 5.79 Å². The summed E-state index contributed by atoms with van der Waals surface area (Å²) >= 11 is 0. The first-order valence-corrected chi connectivity index (χ1v) is 17.1. The van der Waals surface area contributed by atoms with Gasteiger partial charge in [0.15, 0.2) is 12.4 Å². The van der Waals surface area contributed by atoms with Crippen LogP contribution in [0.5, 0.6) is 17.2 Å². The number of hydrogen-bond acceptors (Lipinski definition) is 17. The molecule has 8 N–H and O–H groups in total. The van der Waals surface area contributed by atoms with Crippen LogP contribution < -0.4 is 0 Å². The summed E-state index contributed by atoms with van der Waals surface area (Å²) in [5.41, 5.74) is 1.50. The van der Waals surface area contributed by atoms with Gasteiger partial charge in [0.05, 0.1) is 6.61 Å². The van der Waals surface area contributed by atoms with Crippen molar-refractivity contribution in [1.82, 2.24) is 0 Å². The highest BCUT2D eigenvalue weighted by Crippen LogP contribution is 2.39. The van der Waals surface area contributed by atoms with E-state index in [0.29, 0.717) is 16.7 Å². The molecule has 2 saturated heterocycles. The first-order chi connectivity index (χ1) is 26.8. The van der Waals surface area contributed by atoms with Crippen molar-refractivity contribution in [3.8, 4) is 17.2 Å². The maximum absolute atomic E-state index is 13.2. The van der Waals surface area contributed by atoms with E-state index in [1.54, 1.807) is 0 Å². The Labute approximate surface area is 319 Å². The molecule has 0 bridgehead atoms. The van der Waals surface area contributed by atoms with Crippen molar-refractivity contribution in [2.75, 3.05) is 19.8 Å². The fourth-order valence-electron chi connectivity index (χ4n) is 5.59. The number of rotatable bonds is 14. The van der Waals surface area contributed by atoms with E-state index in [-0.39, 0.29) is 17.2 Å². The number of carbonyl (C=O) groups is 3. The van der Waals surface area contributed by atoms with Crippen LogP contribution in [0.15, 0.2) is 91.0 Å². The number of aliphatic hydroxyl groups is 5. The van der Waals surface area contributed by atoms with Gasteiger partial charge < -0.3 is 69.3 Å². The highest BCUT2D eigenvalue weighted by Gasteiger charge is 2.62. The van der Waals surface area contributed by atoms with Crippen LogP contribution in [0.1, 0.15) is 16.7 Å².